The topological polar surface area (TPSA) is 114 Å². The number of allylic oxidation sites excluding steroid dienone is 1. The van der Waals surface area contributed by atoms with Crippen molar-refractivity contribution in [3.8, 4) is 5.75 Å². The number of aliphatic hydroxyl groups is 1. The molecule has 186 valence electrons. The van der Waals surface area contributed by atoms with E-state index in [4.69, 9.17) is 14.2 Å². The number of phenolic OH excluding ortho intramolecular Hbond substituents is 1. The number of rotatable bonds is 8. The molecule has 0 fully saturated rings. The highest BCUT2D eigenvalue weighted by atomic mass is 16.7. The van der Waals surface area contributed by atoms with E-state index in [2.05, 4.69) is 5.32 Å². The van der Waals surface area contributed by atoms with E-state index in [1.165, 1.54) is 13.2 Å². The summed E-state index contributed by atoms with van der Waals surface area (Å²) >= 11 is 0. The predicted molar refractivity (Wildman–Crippen MR) is 132 cm³/mol. The van der Waals surface area contributed by atoms with Gasteiger partial charge < -0.3 is 29.7 Å². The minimum atomic E-state index is -0.720. The van der Waals surface area contributed by atoms with Gasteiger partial charge in [-0.1, -0.05) is 48.5 Å². The third kappa shape index (κ3) is 6.10. The molecular formula is C28H27NO7. The largest absolute Gasteiger partial charge is 0.506 e. The van der Waals surface area contributed by atoms with E-state index >= 15 is 0 Å². The van der Waals surface area contributed by atoms with Crippen molar-refractivity contribution in [1.82, 2.24) is 0 Å². The molecular weight excluding hydrogens is 462 g/mol. The zero-order valence-corrected chi connectivity index (χ0v) is 19.7. The molecule has 0 unspecified atom stereocenters. The van der Waals surface area contributed by atoms with Crippen LogP contribution in [-0.4, -0.2) is 35.5 Å². The average Bonchev–Trinajstić information content (AvgIpc) is 2.93. The van der Waals surface area contributed by atoms with Gasteiger partial charge in [-0.25, -0.2) is 4.79 Å². The van der Waals surface area contributed by atoms with Crippen LogP contribution >= 0.6 is 0 Å². The lowest BCUT2D eigenvalue weighted by Crippen LogP contribution is -2.29. The molecule has 2 atom stereocenters. The minimum absolute atomic E-state index is 0.0381. The van der Waals surface area contributed by atoms with Crippen LogP contribution in [0.25, 0.3) is 0 Å². The summed E-state index contributed by atoms with van der Waals surface area (Å²) in [6.07, 6.45) is 1.43. The lowest BCUT2D eigenvalue weighted by atomic mass is 9.92. The maximum atomic E-state index is 13.0. The molecule has 4 rings (SSSR count). The zero-order chi connectivity index (χ0) is 25.5. The minimum Gasteiger partial charge on any atom is -0.506 e. The summed E-state index contributed by atoms with van der Waals surface area (Å²) in [5.74, 6) is -1.17. The van der Waals surface area contributed by atoms with Crippen LogP contribution in [0.15, 0.2) is 84.6 Å². The Bertz CT molecular complexity index is 1240. The summed E-state index contributed by atoms with van der Waals surface area (Å²) in [5, 5.41) is 21.9. The molecule has 8 heteroatoms. The first-order valence-corrected chi connectivity index (χ1v) is 11.4. The van der Waals surface area contributed by atoms with E-state index in [-0.39, 0.29) is 36.3 Å². The van der Waals surface area contributed by atoms with E-state index in [9.17, 15) is 19.8 Å². The summed E-state index contributed by atoms with van der Waals surface area (Å²) in [4.78, 5) is 24.8. The van der Waals surface area contributed by atoms with Crippen molar-refractivity contribution >= 4 is 17.6 Å². The van der Waals surface area contributed by atoms with Crippen molar-refractivity contribution in [3.63, 3.8) is 0 Å². The van der Waals surface area contributed by atoms with Gasteiger partial charge in [0.15, 0.2) is 5.76 Å². The summed E-state index contributed by atoms with van der Waals surface area (Å²) in [7, 11) is 1.33. The number of esters is 1. The van der Waals surface area contributed by atoms with Crippen LogP contribution in [0.1, 0.15) is 39.4 Å². The number of ether oxygens (including phenoxy) is 3. The summed E-state index contributed by atoms with van der Waals surface area (Å²) in [6, 6.07) is 20.7. The summed E-state index contributed by atoms with van der Waals surface area (Å²) in [6.45, 7) is 0.211. The fraction of sp³-hybridized carbons (Fsp3) is 0.214. The number of carbonyl (C=O) groups excluding carboxylic acids is 2. The highest BCUT2D eigenvalue weighted by molar-refractivity contribution is 6.03. The van der Waals surface area contributed by atoms with Crippen molar-refractivity contribution in [3.05, 3.63) is 107 Å². The number of aliphatic hydroxyl groups excluding tert-OH is 1. The smallest absolute Gasteiger partial charge is 0.337 e. The first-order chi connectivity index (χ1) is 17.5. The molecule has 0 aliphatic carbocycles. The fourth-order valence-electron chi connectivity index (χ4n) is 3.83. The Kier molecular flexibility index (Phi) is 7.99. The first-order valence-electron chi connectivity index (χ1n) is 11.4. The summed E-state index contributed by atoms with van der Waals surface area (Å²) < 4.78 is 16.7. The Hall–Kier alpha value is -4.14. The Morgan fingerprint density at radius 2 is 1.69 bits per heavy atom. The molecule has 0 saturated heterocycles. The molecule has 8 nitrogen and oxygen atoms in total. The molecule has 3 aromatic rings. The van der Waals surface area contributed by atoms with E-state index in [1.54, 1.807) is 36.4 Å². The maximum absolute atomic E-state index is 13.0. The van der Waals surface area contributed by atoms with Gasteiger partial charge in [-0.15, -0.1) is 0 Å². The van der Waals surface area contributed by atoms with Crippen molar-refractivity contribution < 1.29 is 34.0 Å². The number of anilines is 1. The van der Waals surface area contributed by atoms with Crippen molar-refractivity contribution in [2.75, 3.05) is 12.4 Å². The first kappa shape index (κ1) is 25.0. The number of nitrogens with one attached hydrogen (secondary N) is 1. The zero-order valence-electron chi connectivity index (χ0n) is 19.7. The van der Waals surface area contributed by atoms with Crippen molar-refractivity contribution in [1.29, 1.82) is 0 Å². The van der Waals surface area contributed by atoms with Gasteiger partial charge >= 0.3 is 5.97 Å². The molecule has 0 spiro atoms. The second-order valence-electron chi connectivity index (χ2n) is 8.29. The number of methoxy groups -OCH3 is 1. The van der Waals surface area contributed by atoms with E-state index in [1.807, 2.05) is 36.4 Å². The van der Waals surface area contributed by atoms with Crippen LogP contribution in [0.3, 0.4) is 0 Å². The highest BCUT2D eigenvalue weighted by Crippen LogP contribution is 2.33. The molecule has 1 heterocycles. The van der Waals surface area contributed by atoms with Crippen LogP contribution in [-0.2, 0) is 32.2 Å². The van der Waals surface area contributed by atoms with Crippen LogP contribution in [0.2, 0.25) is 0 Å². The van der Waals surface area contributed by atoms with Crippen LogP contribution in [0.4, 0.5) is 5.69 Å². The third-order valence-corrected chi connectivity index (χ3v) is 5.83. The van der Waals surface area contributed by atoms with Gasteiger partial charge in [0.2, 0.25) is 6.29 Å². The number of benzene rings is 3. The molecule has 0 radical (unpaired) electrons. The van der Waals surface area contributed by atoms with Gasteiger partial charge in [0.25, 0.3) is 5.91 Å². The Morgan fingerprint density at radius 3 is 2.36 bits per heavy atom. The Balaban J connectivity index is 1.54. The van der Waals surface area contributed by atoms with Crippen LogP contribution in [0.5, 0.6) is 5.75 Å². The van der Waals surface area contributed by atoms with Crippen molar-refractivity contribution in [2.24, 2.45) is 0 Å². The normalized spacial score (nSPS) is 17.0. The highest BCUT2D eigenvalue weighted by Gasteiger charge is 2.29. The molecule has 1 aliphatic heterocycles. The molecule has 1 aliphatic rings. The Morgan fingerprint density at radius 1 is 1.00 bits per heavy atom. The van der Waals surface area contributed by atoms with Gasteiger partial charge in [0.1, 0.15) is 5.75 Å². The molecule has 1 amide bonds. The van der Waals surface area contributed by atoms with Gasteiger partial charge in [-0.05, 0) is 47.0 Å². The van der Waals surface area contributed by atoms with Gasteiger partial charge in [-0.3, -0.25) is 4.79 Å². The van der Waals surface area contributed by atoms with Gasteiger partial charge in [0, 0.05) is 12.3 Å². The number of carbonyl (C=O) groups is 2. The number of hydrogen-bond acceptors (Lipinski definition) is 7. The molecule has 3 N–H and O–H groups in total. The van der Waals surface area contributed by atoms with Crippen molar-refractivity contribution in [2.45, 2.75) is 31.8 Å². The van der Waals surface area contributed by atoms with Gasteiger partial charge in [-0.2, -0.15) is 0 Å². The quantitative estimate of drug-likeness (QED) is 0.320. The SMILES string of the molecule is COC(=O)c1ccc([C@@H]2C=C(C(=O)Nc3ccccc3O)O[C@H](OCc3ccc(CO)cc3)C2)cc1. The average molecular weight is 490 g/mol. The van der Waals surface area contributed by atoms with E-state index < -0.39 is 18.2 Å². The maximum Gasteiger partial charge on any atom is 0.337 e. The van der Waals surface area contributed by atoms with E-state index in [0.29, 0.717) is 12.0 Å². The van der Waals surface area contributed by atoms with Gasteiger partial charge in [0.05, 0.1) is 31.6 Å². The van der Waals surface area contributed by atoms with Crippen LogP contribution in [0, 0.1) is 0 Å². The predicted octanol–water partition coefficient (Wildman–Crippen LogP) is 4.24. The number of amides is 1. The molecule has 0 bridgehead atoms. The molecule has 36 heavy (non-hydrogen) atoms. The molecule has 0 aromatic heterocycles. The second-order valence-corrected chi connectivity index (χ2v) is 8.29. The fourth-order valence-corrected chi connectivity index (χ4v) is 3.83. The second kappa shape index (κ2) is 11.5. The monoisotopic (exact) mass is 489 g/mol. The summed E-state index contributed by atoms with van der Waals surface area (Å²) in [5.41, 5.74) is 3.25. The number of para-hydroxylation sites is 2. The number of phenols is 1. The Labute approximate surface area is 208 Å². The van der Waals surface area contributed by atoms with Crippen LogP contribution < -0.4 is 5.32 Å². The lowest BCUT2D eigenvalue weighted by Gasteiger charge is -2.29. The standard InChI is InChI=1S/C28H27NO7/c1-34-28(33)21-12-10-20(11-13-21)22-14-25(27(32)29-23-4-2-3-5-24(23)31)36-26(15-22)35-17-19-8-6-18(16-30)7-9-19/h2-14,22,26,30-31H,15-17H2,1H3,(H,29,32)/t22-,26+/m1/s1. The number of hydrogen-bond donors (Lipinski definition) is 3. The molecule has 3 aromatic carbocycles. The molecule has 0 saturated carbocycles. The third-order valence-electron chi connectivity index (χ3n) is 5.83. The number of aromatic hydroxyl groups is 1. The van der Waals surface area contributed by atoms with E-state index in [0.717, 1.165) is 16.7 Å². The lowest BCUT2D eigenvalue weighted by molar-refractivity contribution is -0.147.